The van der Waals surface area contributed by atoms with Crippen LogP contribution in [-0.2, 0) is 0 Å². The quantitative estimate of drug-likeness (QED) is 0.791. The lowest BCUT2D eigenvalue weighted by atomic mass is 10.2. The first-order valence-electron chi connectivity index (χ1n) is 4.93. The summed E-state index contributed by atoms with van der Waals surface area (Å²) in [4.78, 5) is 6.22. The molecule has 1 heterocycles. The van der Waals surface area contributed by atoms with Crippen molar-refractivity contribution in [2.75, 3.05) is 19.0 Å². The molecule has 0 radical (unpaired) electrons. The largest absolute Gasteiger partial charge is 0.378 e. The molecule has 82 valence electrons. The van der Waals surface area contributed by atoms with E-state index < -0.39 is 0 Å². The molecular weight excluding hydrogens is 202 g/mol. The number of hydrogen-bond acceptors (Lipinski definition) is 4. The van der Waals surface area contributed by atoms with E-state index >= 15 is 0 Å². The minimum Gasteiger partial charge on any atom is -0.378 e. The van der Waals surface area contributed by atoms with Crippen molar-refractivity contribution in [3.63, 3.8) is 0 Å². The lowest BCUT2D eigenvalue weighted by Gasteiger charge is -2.11. The number of aromatic amines is 1. The van der Waals surface area contributed by atoms with Gasteiger partial charge in [0.1, 0.15) is 0 Å². The lowest BCUT2D eigenvalue weighted by molar-refractivity contribution is 0.940. The topological polar surface area (TPSA) is 57.2 Å². The van der Waals surface area contributed by atoms with Crippen molar-refractivity contribution in [1.82, 2.24) is 15.4 Å². The van der Waals surface area contributed by atoms with Gasteiger partial charge in [-0.2, -0.15) is 10.3 Å². The van der Waals surface area contributed by atoms with Gasteiger partial charge < -0.3 is 4.90 Å². The molecule has 0 atom stereocenters. The van der Waals surface area contributed by atoms with Gasteiger partial charge in [-0.1, -0.05) is 12.1 Å². The SMILES string of the molecule is CN(C)c1ccc(C=Nc2cn[nH]n2)cc1. The smallest absolute Gasteiger partial charge is 0.194 e. The van der Waals surface area contributed by atoms with Crippen LogP contribution in [0.25, 0.3) is 0 Å². The van der Waals surface area contributed by atoms with Crippen molar-refractivity contribution >= 4 is 17.7 Å². The summed E-state index contributed by atoms with van der Waals surface area (Å²) in [5, 5.41) is 10.0. The molecule has 0 aliphatic rings. The first kappa shape index (κ1) is 10.4. The minimum atomic E-state index is 0.580. The molecular formula is C11H13N5. The Hall–Kier alpha value is -2.17. The first-order valence-corrected chi connectivity index (χ1v) is 4.93. The summed E-state index contributed by atoms with van der Waals surface area (Å²) >= 11 is 0. The number of anilines is 1. The van der Waals surface area contributed by atoms with Gasteiger partial charge in [-0.05, 0) is 17.7 Å². The van der Waals surface area contributed by atoms with Crippen LogP contribution in [0.15, 0.2) is 35.5 Å². The highest BCUT2D eigenvalue weighted by Gasteiger charge is 1.94. The molecule has 2 aromatic rings. The molecule has 5 nitrogen and oxygen atoms in total. The Labute approximate surface area is 93.8 Å². The standard InChI is InChI=1S/C11H13N5/c1-16(2)10-5-3-9(4-6-10)7-12-11-8-13-15-14-11/h3-8H,1-2H3,(H,13,14,15). The van der Waals surface area contributed by atoms with Crippen LogP contribution in [0, 0.1) is 0 Å². The maximum Gasteiger partial charge on any atom is 0.194 e. The Balaban J connectivity index is 2.11. The molecule has 1 aromatic heterocycles. The van der Waals surface area contributed by atoms with E-state index in [9.17, 15) is 0 Å². The lowest BCUT2D eigenvalue weighted by Crippen LogP contribution is -2.08. The predicted octanol–water partition coefficient (Wildman–Crippen LogP) is 1.62. The van der Waals surface area contributed by atoms with Crippen molar-refractivity contribution in [3.05, 3.63) is 36.0 Å². The van der Waals surface area contributed by atoms with E-state index in [1.807, 2.05) is 38.4 Å². The number of aliphatic imine (C=N–C) groups is 1. The van der Waals surface area contributed by atoms with Gasteiger partial charge in [-0.25, -0.2) is 4.99 Å². The van der Waals surface area contributed by atoms with Crippen molar-refractivity contribution in [1.29, 1.82) is 0 Å². The molecule has 0 spiro atoms. The highest BCUT2D eigenvalue weighted by molar-refractivity contribution is 5.82. The Morgan fingerprint density at radius 1 is 1.25 bits per heavy atom. The van der Waals surface area contributed by atoms with Crippen molar-refractivity contribution in [2.24, 2.45) is 4.99 Å². The van der Waals surface area contributed by atoms with Crippen molar-refractivity contribution < 1.29 is 0 Å². The maximum absolute atomic E-state index is 4.17. The zero-order valence-corrected chi connectivity index (χ0v) is 9.25. The van der Waals surface area contributed by atoms with Gasteiger partial charge in [-0.15, -0.1) is 5.10 Å². The summed E-state index contributed by atoms with van der Waals surface area (Å²) in [7, 11) is 4.02. The third-order valence-corrected chi connectivity index (χ3v) is 2.16. The van der Waals surface area contributed by atoms with E-state index in [0.717, 1.165) is 5.56 Å². The van der Waals surface area contributed by atoms with Crippen molar-refractivity contribution in [2.45, 2.75) is 0 Å². The van der Waals surface area contributed by atoms with E-state index in [1.165, 1.54) is 5.69 Å². The molecule has 0 saturated carbocycles. The number of rotatable bonds is 3. The molecule has 0 bridgehead atoms. The Morgan fingerprint density at radius 2 is 2.00 bits per heavy atom. The molecule has 0 aliphatic carbocycles. The number of H-pyrrole nitrogens is 1. The van der Waals surface area contributed by atoms with Crippen LogP contribution in [0.4, 0.5) is 11.5 Å². The highest BCUT2D eigenvalue weighted by atomic mass is 15.3. The predicted molar refractivity (Wildman–Crippen MR) is 64.4 cm³/mol. The molecule has 2 rings (SSSR count). The number of aromatic nitrogens is 3. The second-order valence-electron chi connectivity index (χ2n) is 3.57. The summed E-state index contributed by atoms with van der Waals surface area (Å²) in [5.41, 5.74) is 2.20. The van der Waals surface area contributed by atoms with Gasteiger partial charge in [0.2, 0.25) is 0 Å². The van der Waals surface area contributed by atoms with E-state index in [4.69, 9.17) is 0 Å². The normalized spacial score (nSPS) is 10.9. The van der Waals surface area contributed by atoms with Crippen LogP contribution >= 0.6 is 0 Å². The van der Waals surface area contributed by atoms with Gasteiger partial charge in [0.05, 0.1) is 6.20 Å². The Bertz CT molecular complexity index is 456. The van der Waals surface area contributed by atoms with Gasteiger partial charge in [-0.3, -0.25) is 0 Å². The number of benzene rings is 1. The monoisotopic (exact) mass is 215 g/mol. The fourth-order valence-corrected chi connectivity index (χ4v) is 1.26. The second-order valence-corrected chi connectivity index (χ2v) is 3.57. The third kappa shape index (κ3) is 2.44. The van der Waals surface area contributed by atoms with Crippen LogP contribution < -0.4 is 4.90 Å². The van der Waals surface area contributed by atoms with Gasteiger partial charge >= 0.3 is 0 Å². The van der Waals surface area contributed by atoms with Crippen LogP contribution in [0.1, 0.15) is 5.56 Å². The molecule has 0 saturated heterocycles. The van der Waals surface area contributed by atoms with Gasteiger partial charge in [0, 0.05) is 26.0 Å². The van der Waals surface area contributed by atoms with Crippen LogP contribution in [0.3, 0.4) is 0 Å². The van der Waals surface area contributed by atoms with E-state index in [2.05, 4.69) is 25.3 Å². The van der Waals surface area contributed by atoms with Gasteiger partial charge in [0.15, 0.2) is 5.82 Å². The fraction of sp³-hybridized carbons (Fsp3) is 0.182. The zero-order chi connectivity index (χ0) is 11.4. The number of nitrogens with one attached hydrogen (secondary N) is 1. The minimum absolute atomic E-state index is 0.580. The summed E-state index contributed by atoms with van der Waals surface area (Å²) < 4.78 is 0. The van der Waals surface area contributed by atoms with Crippen molar-refractivity contribution in [3.8, 4) is 0 Å². The average Bonchev–Trinajstić information content (AvgIpc) is 2.80. The Kier molecular flexibility index (Phi) is 2.95. The molecule has 0 aliphatic heterocycles. The summed E-state index contributed by atoms with van der Waals surface area (Å²) in [6, 6.07) is 8.12. The summed E-state index contributed by atoms with van der Waals surface area (Å²) in [6.07, 6.45) is 3.34. The highest BCUT2D eigenvalue weighted by Crippen LogP contribution is 2.11. The first-order chi connectivity index (χ1) is 7.75. The summed E-state index contributed by atoms with van der Waals surface area (Å²) in [5.74, 6) is 0.580. The van der Waals surface area contributed by atoms with E-state index in [-0.39, 0.29) is 0 Å². The van der Waals surface area contributed by atoms with Crippen LogP contribution in [0.5, 0.6) is 0 Å². The van der Waals surface area contributed by atoms with Crippen LogP contribution in [0.2, 0.25) is 0 Å². The molecule has 1 aromatic carbocycles. The summed E-state index contributed by atoms with van der Waals surface area (Å²) in [6.45, 7) is 0. The molecule has 5 heteroatoms. The molecule has 0 fully saturated rings. The van der Waals surface area contributed by atoms with Gasteiger partial charge in [0.25, 0.3) is 0 Å². The fourth-order valence-electron chi connectivity index (χ4n) is 1.26. The zero-order valence-electron chi connectivity index (χ0n) is 9.25. The third-order valence-electron chi connectivity index (χ3n) is 2.16. The molecule has 0 amide bonds. The Morgan fingerprint density at radius 3 is 2.56 bits per heavy atom. The average molecular weight is 215 g/mol. The maximum atomic E-state index is 4.17. The molecule has 16 heavy (non-hydrogen) atoms. The van der Waals surface area contributed by atoms with Crippen LogP contribution in [-0.4, -0.2) is 35.7 Å². The molecule has 0 unspecified atom stereocenters. The second kappa shape index (κ2) is 4.57. The number of hydrogen-bond donors (Lipinski definition) is 1. The van der Waals surface area contributed by atoms with E-state index in [0.29, 0.717) is 5.82 Å². The number of nitrogens with zero attached hydrogens (tertiary/aromatic N) is 4. The van der Waals surface area contributed by atoms with E-state index in [1.54, 1.807) is 12.4 Å². The molecule has 1 N–H and O–H groups in total.